The predicted molar refractivity (Wildman–Crippen MR) is 98.0 cm³/mol. The van der Waals surface area contributed by atoms with E-state index in [4.69, 9.17) is 16.3 Å². The van der Waals surface area contributed by atoms with E-state index in [0.717, 1.165) is 5.56 Å². The summed E-state index contributed by atoms with van der Waals surface area (Å²) < 4.78 is 7.30. The average Bonchev–Trinajstić information content (AvgIpc) is 3.04. The van der Waals surface area contributed by atoms with Crippen molar-refractivity contribution in [2.24, 2.45) is 0 Å². The molecule has 1 amide bonds. The largest absolute Gasteiger partial charge is 0.493 e. The first-order valence-electron chi connectivity index (χ1n) is 7.95. The van der Waals surface area contributed by atoms with E-state index in [1.54, 1.807) is 35.0 Å². The van der Waals surface area contributed by atoms with Crippen LogP contribution in [0.3, 0.4) is 0 Å². The van der Waals surface area contributed by atoms with E-state index in [2.05, 4.69) is 10.4 Å². The highest BCUT2D eigenvalue weighted by Crippen LogP contribution is 2.15. The van der Waals surface area contributed by atoms with Crippen molar-refractivity contribution in [3.63, 3.8) is 0 Å². The van der Waals surface area contributed by atoms with Crippen LogP contribution in [0.5, 0.6) is 5.75 Å². The van der Waals surface area contributed by atoms with Crippen LogP contribution in [0.15, 0.2) is 66.9 Å². The molecule has 0 unspecified atom stereocenters. The molecule has 2 aromatic carbocycles. The molecular formula is C19H18ClN3O2. The summed E-state index contributed by atoms with van der Waals surface area (Å²) in [6.45, 7) is 0.953. The second-order valence-corrected chi connectivity index (χ2v) is 5.92. The lowest BCUT2D eigenvalue weighted by Gasteiger charge is -2.06. The molecule has 6 heteroatoms. The molecule has 1 N–H and O–H groups in total. The zero-order valence-corrected chi connectivity index (χ0v) is 14.3. The van der Waals surface area contributed by atoms with Crippen LogP contribution in [-0.4, -0.2) is 22.3 Å². The SMILES string of the molecule is O=C(CCOc1ccc(Cl)cc1)Nc1ccn(Cc2ccccc2)n1. The van der Waals surface area contributed by atoms with Gasteiger partial charge in [0.2, 0.25) is 5.91 Å². The maximum absolute atomic E-state index is 12.0. The first kappa shape index (κ1) is 17.0. The van der Waals surface area contributed by atoms with E-state index >= 15 is 0 Å². The highest BCUT2D eigenvalue weighted by atomic mass is 35.5. The molecule has 0 aliphatic rings. The summed E-state index contributed by atoms with van der Waals surface area (Å²) in [5.74, 6) is 1.08. The Kier molecular flexibility index (Phi) is 5.69. The smallest absolute Gasteiger partial charge is 0.229 e. The van der Waals surface area contributed by atoms with Crippen LogP contribution in [0.25, 0.3) is 0 Å². The fourth-order valence-electron chi connectivity index (χ4n) is 2.28. The summed E-state index contributed by atoms with van der Waals surface area (Å²) in [6, 6.07) is 18.8. The number of hydrogen-bond donors (Lipinski definition) is 1. The zero-order chi connectivity index (χ0) is 17.5. The first-order chi connectivity index (χ1) is 12.2. The Morgan fingerprint density at radius 1 is 1.08 bits per heavy atom. The van der Waals surface area contributed by atoms with E-state index in [-0.39, 0.29) is 18.9 Å². The highest BCUT2D eigenvalue weighted by molar-refractivity contribution is 6.30. The van der Waals surface area contributed by atoms with Crippen LogP contribution in [0.2, 0.25) is 5.02 Å². The van der Waals surface area contributed by atoms with Gasteiger partial charge in [-0.05, 0) is 29.8 Å². The topological polar surface area (TPSA) is 56.1 Å². The van der Waals surface area contributed by atoms with E-state index < -0.39 is 0 Å². The minimum absolute atomic E-state index is 0.140. The number of carbonyl (C=O) groups excluding carboxylic acids is 1. The predicted octanol–water partition coefficient (Wildman–Crippen LogP) is 3.99. The normalized spacial score (nSPS) is 10.4. The number of rotatable bonds is 7. The number of amides is 1. The average molecular weight is 356 g/mol. The Labute approximate surface area is 151 Å². The van der Waals surface area contributed by atoms with Crippen molar-refractivity contribution in [1.29, 1.82) is 0 Å². The zero-order valence-electron chi connectivity index (χ0n) is 13.6. The molecular weight excluding hydrogens is 338 g/mol. The summed E-state index contributed by atoms with van der Waals surface area (Å²) >= 11 is 5.81. The molecule has 1 aromatic heterocycles. The molecule has 25 heavy (non-hydrogen) atoms. The molecule has 128 valence electrons. The van der Waals surface area contributed by atoms with Crippen LogP contribution < -0.4 is 10.1 Å². The monoisotopic (exact) mass is 355 g/mol. The Hall–Kier alpha value is -2.79. The Bertz CT molecular complexity index is 816. The minimum Gasteiger partial charge on any atom is -0.493 e. The molecule has 0 saturated heterocycles. The summed E-state index contributed by atoms with van der Waals surface area (Å²) in [4.78, 5) is 12.0. The van der Waals surface area contributed by atoms with Gasteiger partial charge in [0.25, 0.3) is 0 Å². The number of carbonyl (C=O) groups is 1. The van der Waals surface area contributed by atoms with Gasteiger partial charge < -0.3 is 10.1 Å². The summed E-state index contributed by atoms with van der Waals surface area (Å²) in [7, 11) is 0. The number of benzene rings is 2. The summed E-state index contributed by atoms with van der Waals surface area (Å²) in [5.41, 5.74) is 1.15. The third-order valence-corrected chi connectivity index (χ3v) is 3.76. The fourth-order valence-corrected chi connectivity index (χ4v) is 2.41. The number of nitrogens with one attached hydrogen (secondary N) is 1. The van der Waals surface area contributed by atoms with Gasteiger partial charge in [-0.3, -0.25) is 9.48 Å². The van der Waals surface area contributed by atoms with E-state index in [1.165, 1.54) is 0 Å². The van der Waals surface area contributed by atoms with Gasteiger partial charge in [-0.1, -0.05) is 41.9 Å². The number of ether oxygens (including phenoxy) is 1. The van der Waals surface area contributed by atoms with Gasteiger partial charge in [0, 0.05) is 17.3 Å². The van der Waals surface area contributed by atoms with Crippen molar-refractivity contribution in [2.75, 3.05) is 11.9 Å². The van der Waals surface area contributed by atoms with Gasteiger partial charge in [0.05, 0.1) is 19.6 Å². The Balaban J connectivity index is 1.44. The number of aromatic nitrogens is 2. The first-order valence-corrected chi connectivity index (χ1v) is 8.32. The molecule has 0 spiro atoms. The van der Waals surface area contributed by atoms with Crippen LogP contribution in [0, 0.1) is 0 Å². The minimum atomic E-state index is -0.140. The van der Waals surface area contributed by atoms with Crippen molar-refractivity contribution in [3.8, 4) is 5.75 Å². The van der Waals surface area contributed by atoms with Crippen molar-refractivity contribution >= 4 is 23.3 Å². The highest BCUT2D eigenvalue weighted by Gasteiger charge is 2.06. The van der Waals surface area contributed by atoms with Crippen molar-refractivity contribution in [2.45, 2.75) is 13.0 Å². The van der Waals surface area contributed by atoms with Gasteiger partial charge in [0.1, 0.15) is 5.75 Å². The van der Waals surface area contributed by atoms with Crippen LogP contribution >= 0.6 is 11.6 Å². The molecule has 0 saturated carbocycles. The van der Waals surface area contributed by atoms with Gasteiger partial charge in [-0.2, -0.15) is 5.10 Å². The lowest BCUT2D eigenvalue weighted by molar-refractivity contribution is -0.116. The van der Waals surface area contributed by atoms with E-state index in [0.29, 0.717) is 23.1 Å². The van der Waals surface area contributed by atoms with Crippen molar-refractivity contribution in [3.05, 3.63) is 77.4 Å². The second-order valence-electron chi connectivity index (χ2n) is 5.48. The molecule has 0 radical (unpaired) electrons. The molecule has 3 aromatic rings. The Morgan fingerprint density at radius 2 is 1.84 bits per heavy atom. The quantitative estimate of drug-likeness (QED) is 0.697. The van der Waals surface area contributed by atoms with E-state index in [1.807, 2.05) is 36.5 Å². The maximum Gasteiger partial charge on any atom is 0.229 e. The second kappa shape index (κ2) is 8.35. The van der Waals surface area contributed by atoms with Crippen LogP contribution in [0.4, 0.5) is 5.82 Å². The van der Waals surface area contributed by atoms with Crippen LogP contribution in [-0.2, 0) is 11.3 Å². The number of halogens is 1. The summed E-state index contributed by atoms with van der Waals surface area (Å²) in [5, 5.41) is 7.77. The number of nitrogens with zero attached hydrogens (tertiary/aromatic N) is 2. The lowest BCUT2D eigenvalue weighted by atomic mass is 10.2. The summed E-state index contributed by atoms with van der Waals surface area (Å²) in [6.07, 6.45) is 2.08. The number of anilines is 1. The molecule has 0 fully saturated rings. The number of hydrogen-bond acceptors (Lipinski definition) is 3. The fraction of sp³-hybridized carbons (Fsp3) is 0.158. The third-order valence-electron chi connectivity index (χ3n) is 3.51. The molecule has 0 aliphatic heterocycles. The Morgan fingerprint density at radius 3 is 2.60 bits per heavy atom. The lowest BCUT2D eigenvalue weighted by Crippen LogP contribution is -2.15. The van der Waals surface area contributed by atoms with Crippen LogP contribution in [0.1, 0.15) is 12.0 Å². The van der Waals surface area contributed by atoms with Gasteiger partial charge in [-0.15, -0.1) is 0 Å². The molecule has 1 heterocycles. The third kappa shape index (κ3) is 5.36. The molecule has 3 rings (SSSR count). The van der Waals surface area contributed by atoms with Crippen molar-refractivity contribution in [1.82, 2.24) is 9.78 Å². The molecule has 0 aliphatic carbocycles. The molecule has 0 atom stereocenters. The maximum atomic E-state index is 12.0. The van der Waals surface area contributed by atoms with Crippen molar-refractivity contribution < 1.29 is 9.53 Å². The molecule has 0 bridgehead atoms. The van der Waals surface area contributed by atoms with E-state index in [9.17, 15) is 4.79 Å². The molecule has 5 nitrogen and oxygen atoms in total. The van der Waals surface area contributed by atoms with Gasteiger partial charge in [-0.25, -0.2) is 0 Å². The standard InChI is InChI=1S/C19H18ClN3O2/c20-16-6-8-17(9-7-16)25-13-11-19(24)21-18-10-12-23(22-18)14-15-4-2-1-3-5-15/h1-10,12H,11,13-14H2,(H,21,22,24). The van der Waals surface area contributed by atoms with Gasteiger partial charge >= 0.3 is 0 Å². The van der Waals surface area contributed by atoms with Gasteiger partial charge in [0.15, 0.2) is 5.82 Å².